The summed E-state index contributed by atoms with van der Waals surface area (Å²) in [4.78, 5) is 22.6. The molecule has 0 unspecified atom stereocenters. The van der Waals surface area contributed by atoms with Crippen LogP contribution in [-0.4, -0.2) is 46.7 Å². The van der Waals surface area contributed by atoms with Gasteiger partial charge in [0.1, 0.15) is 22.7 Å². The predicted molar refractivity (Wildman–Crippen MR) is 118 cm³/mol. The Bertz CT molecular complexity index is 1400. The van der Waals surface area contributed by atoms with Crippen molar-refractivity contribution in [3.63, 3.8) is 0 Å². The second kappa shape index (κ2) is 7.68. The molecule has 2 N–H and O–H groups in total. The average molecular weight is 458 g/mol. The van der Waals surface area contributed by atoms with Gasteiger partial charge in [0.25, 0.3) is 5.91 Å². The third kappa shape index (κ3) is 3.08. The molecule has 5 rings (SSSR count). The molecular weight excluding hydrogens is 440 g/mol. The zero-order valence-electron chi connectivity index (χ0n) is 17.0. The topological polar surface area (TPSA) is 86.3 Å². The van der Waals surface area contributed by atoms with E-state index in [0.29, 0.717) is 37.8 Å². The summed E-state index contributed by atoms with van der Waals surface area (Å²) in [5, 5.41) is 0.386. The van der Waals surface area contributed by atoms with E-state index in [0.717, 1.165) is 0 Å². The maximum atomic E-state index is 16.0. The Kier molecular flexibility index (Phi) is 4.94. The molecule has 0 spiro atoms. The van der Waals surface area contributed by atoms with E-state index in [4.69, 9.17) is 22.1 Å². The average Bonchev–Trinajstić information content (AvgIpc) is 3.13. The number of carbonyl (C=O) groups excluding carboxylic acids is 1. The van der Waals surface area contributed by atoms with Crippen LogP contribution in [0.2, 0.25) is 5.02 Å². The Balaban J connectivity index is 1.89. The number of ether oxygens (including phenoxy) is 1. The lowest BCUT2D eigenvalue weighted by Crippen LogP contribution is -2.37. The van der Waals surface area contributed by atoms with Crippen LogP contribution in [0, 0.1) is 18.6 Å². The zero-order valence-corrected chi connectivity index (χ0v) is 17.8. The van der Waals surface area contributed by atoms with Gasteiger partial charge in [0.2, 0.25) is 0 Å². The van der Waals surface area contributed by atoms with Gasteiger partial charge in [0.05, 0.1) is 46.1 Å². The van der Waals surface area contributed by atoms with Gasteiger partial charge in [-0.2, -0.15) is 0 Å². The van der Waals surface area contributed by atoms with Crippen LogP contribution in [0.1, 0.15) is 16.2 Å². The van der Waals surface area contributed by atoms with Crippen molar-refractivity contribution in [3.05, 3.63) is 58.5 Å². The second-order valence-corrected chi connectivity index (χ2v) is 7.90. The summed E-state index contributed by atoms with van der Waals surface area (Å²) in [6.07, 6.45) is 1.47. The summed E-state index contributed by atoms with van der Waals surface area (Å²) in [6.45, 7) is 3.42. The van der Waals surface area contributed by atoms with E-state index in [1.54, 1.807) is 17.9 Å². The second-order valence-electron chi connectivity index (χ2n) is 7.50. The minimum absolute atomic E-state index is 0.0344. The van der Waals surface area contributed by atoms with E-state index in [2.05, 4.69) is 9.97 Å². The number of nitrogens with zero attached hydrogens (tertiary/aromatic N) is 4. The highest BCUT2D eigenvalue weighted by molar-refractivity contribution is 6.35. The van der Waals surface area contributed by atoms with Crippen LogP contribution >= 0.6 is 11.6 Å². The number of primary amides is 1. The number of carbonyl (C=O) groups is 1. The lowest BCUT2D eigenvalue weighted by molar-refractivity contribution is 0.100. The zero-order chi connectivity index (χ0) is 22.6. The van der Waals surface area contributed by atoms with Gasteiger partial charge in [0.15, 0.2) is 5.82 Å². The molecule has 1 aliphatic heterocycles. The number of amides is 1. The van der Waals surface area contributed by atoms with Crippen LogP contribution < -0.4 is 10.6 Å². The summed E-state index contributed by atoms with van der Waals surface area (Å²) in [5.41, 5.74) is 6.61. The Hall–Kier alpha value is -3.30. The molecule has 2 aromatic carbocycles. The summed E-state index contributed by atoms with van der Waals surface area (Å²) < 4.78 is 37.8. The monoisotopic (exact) mass is 457 g/mol. The molecule has 1 amide bonds. The van der Waals surface area contributed by atoms with Gasteiger partial charge in [-0.3, -0.25) is 14.3 Å². The molecule has 0 atom stereocenters. The Labute approximate surface area is 186 Å². The first kappa shape index (κ1) is 20.6. The molecule has 2 aromatic heterocycles. The van der Waals surface area contributed by atoms with Crippen LogP contribution in [0.4, 0.5) is 14.5 Å². The van der Waals surface area contributed by atoms with E-state index in [1.165, 1.54) is 29.0 Å². The third-order valence-electron chi connectivity index (χ3n) is 5.64. The van der Waals surface area contributed by atoms with Crippen molar-refractivity contribution < 1.29 is 18.3 Å². The first-order valence-electron chi connectivity index (χ1n) is 9.95. The van der Waals surface area contributed by atoms with Crippen molar-refractivity contribution >= 4 is 45.1 Å². The number of pyridine rings is 1. The minimum Gasteiger partial charge on any atom is -0.378 e. The molecule has 0 aliphatic carbocycles. The molecule has 10 heteroatoms. The number of hydrogen-bond acceptors (Lipinski definition) is 5. The van der Waals surface area contributed by atoms with Gasteiger partial charge in [0, 0.05) is 19.3 Å². The molecule has 164 valence electrons. The molecule has 0 bridgehead atoms. The molecular formula is C22H18ClF2N5O2. The van der Waals surface area contributed by atoms with Gasteiger partial charge in [-0.25, -0.2) is 13.8 Å². The molecule has 7 nitrogen and oxygen atoms in total. The molecule has 3 heterocycles. The fourth-order valence-electron chi connectivity index (χ4n) is 4.19. The molecule has 32 heavy (non-hydrogen) atoms. The third-order valence-corrected chi connectivity index (χ3v) is 5.95. The maximum absolute atomic E-state index is 16.0. The van der Waals surface area contributed by atoms with E-state index >= 15 is 4.39 Å². The molecule has 1 aliphatic rings. The SMILES string of the molecule is Cc1nc2c(C(N)=O)cc(N3CCOCC3)c(F)c2n1-c1ccnc2c(Cl)ccc(F)c12. The van der Waals surface area contributed by atoms with E-state index < -0.39 is 17.5 Å². The lowest BCUT2D eigenvalue weighted by Gasteiger charge is -2.29. The van der Waals surface area contributed by atoms with Crippen LogP contribution in [0.15, 0.2) is 30.5 Å². The summed E-state index contributed by atoms with van der Waals surface area (Å²) in [5.74, 6) is -1.52. The molecule has 0 saturated carbocycles. The number of fused-ring (bicyclic) bond motifs is 2. The van der Waals surface area contributed by atoms with Gasteiger partial charge in [-0.15, -0.1) is 0 Å². The fraction of sp³-hybridized carbons (Fsp3) is 0.227. The van der Waals surface area contributed by atoms with Crippen molar-refractivity contribution in [2.45, 2.75) is 6.92 Å². The highest BCUT2D eigenvalue weighted by Crippen LogP contribution is 2.36. The number of anilines is 1. The Morgan fingerprint density at radius 3 is 2.62 bits per heavy atom. The number of halogens is 3. The summed E-state index contributed by atoms with van der Waals surface area (Å²) in [6, 6.07) is 5.62. The smallest absolute Gasteiger partial charge is 0.251 e. The van der Waals surface area contributed by atoms with Crippen LogP contribution in [0.5, 0.6) is 0 Å². The van der Waals surface area contributed by atoms with Crippen molar-refractivity contribution in [2.24, 2.45) is 5.73 Å². The van der Waals surface area contributed by atoms with E-state index in [9.17, 15) is 9.18 Å². The number of aromatic nitrogens is 3. The Morgan fingerprint density at radius 2 is 1.91 bits per heavy atom. The lowest BCUT2D eigenvalue weighted by atomic mass is 10.1. The van der Waals surface area contributed by atoms with Gasteiger partial charge in [-0.05, 0) is 31.2 Å². The molecule has 1 saturated heterocycles. The number of nitrogens with two attached hydrogens (primary N) is 1. The predicted octanol–water partition coefficient (Wildman–Crippen LogP) is 3.75. The highest BCUT2D eigenvalue weighted by Gasteiger charge is 2.27. The van der Waals surface area contributed by atoms with E-state index in [1.807, 2.05) is 0 Å². The van der Waals surface area contributed by atoms with Crippen LogP contribution in [0.3, 0.4) is 0 Å². The number of hydrogen-bond donors (Lipinski definition) is 1. The number of imidazole rings is 1. The number of aryl methyl sites for hydroxylation is 1. The molecule has 0 radical (unpaired) electrons. The number of morpholine rings is 1. The summed E-state index contributed by atoms with van der Waals surface area (Å²) in [7, 11) is 0. The van der Waals surface area contributed by atoms with Gasteiger partial charge >= 0.3 is 0 Å². The van der Waals surface area contributed by atoms with Gasteiger partial charge < -0.3 is 15.4 Å². The van der Waals surface area contributed by atoms with Crippen molar-refractivity contribution in [3.8, 4) is 5.69 Å². The minimum atomic E-state index is -0.733. The number of rotatable bonds is 3. The van der Waals surface area contributed by atoms with Gasteiger partial charge in [-0.1, -0.05) is 11.6 Å². The maximum Gasteiger partial charge on any atom is 0.251 e. The normalized spacial score (nSPS) is 14.4. The van der Waals surface area contributed by atoms with Crippen LogP contribution in [-0.2, 0) is 4.74 Å². The molecule has 1 fully saturated rings. The van der Waals surface area contributed by atoms with Crippen LogP contribution in [0.25, 0.3) is 27.6 Å². The van der Waals surface area contributed by atoms with Crippen molar-refractivity contribution in [1.82, 2.24) is 14.5 Å². The first-order chi connectivity index (χ1) is 15.4. The number of benzene rings is 2. The quantitative estimate of drug-likeness (QED) is 0.506. The highest BCUT2D eigenvalue weighted by atomic mass is 35.5. The largest absolute Gasteiger partial charge is 0.378 e. The van der Waals surface area contributed by atoms with Crippen molar-refractivity contribution in [1.29, 1.82) is 0 Å². The first-order valence-corrected chi connectivity index (χ1v) is 10.3. The Morgan fingerprint density at radius 1 is 1.16 bits per heavy atom. The molecule has 4 aromatic rings. The fourth-order valence-corrected chi connectivity index (χ4v) is 4.40. The summed E-state index contributed by atoms with van der Waals surface area (Å²) >= 11 is 6.24. The van der Waals surface area contributed by atoms with E-state index in [-0.39, 0.29) is 38.2 Å². The standard InChI is InChI=1S/C22H18ClF2N5O2/c1-11-28-19-12(22(26)31)10-16(29-6-8-32-9-7-29)18(25)21(19)30(11)15-4-5-27-20-13(23)2-3-14(24)17(15)20/h2-5,10H,6-9H2,1H3,(H2,26,31). The van der Waals surface area contributed by atoms with Crippen molar-refractivity contribution in [2.75, 3.05) is 31.2 Å².